The maximum absolute atomic E-state index is 10.1. The summed E-state index contributed by atoms with van der Waals surface area (Å²) in [5, 5.41) is 23.3. The summed E-state index contributed by atoms with van der Waals surface area (Å²) in [4.78, 5) is 2.64. The number of rotatable bonds is 4. The summed E-state index contributed by atoms with van der Waals surface area (Å²) in [5.41, 5.74) is 9.42. The van der Waals surface area contributed by atoms with Crippen LogP contribution in [0.25, 0.3) is 10.4 Å². The van der Waals surface area contributed by atoms with Crippen LogP contribution in [0.5, 0.6) is 0 Å². The molecule has 0 bridgehead atoms. The third-order valence-corrected chi connectivity index (χ3v) is 3.25. The topological polar surface area (TPSA) is 108 Å². The van der Waals surface area contributed by atoms with Crippen molar-refractivity contribution in [3.05, 3.63) is 46.3 Å². The quantitative estimate of drug-likeness (QED) is 0.492. The molecule has 1 saturated heterocycles. The van der Waals surface area contributed by atoms with Crippen molar-refractivity contribution in [2.45, 2.75) is 44.2 Å². The lowest BCUT2D eigenvalue weighted by Gasteiger charge is -2.39. The molecular weight excluding hydrogens is 262 g/mol. The molecule has 1 aliphatic heterocycles. The van der Waals surface area contributed by atoms with E-state index >= 15 is 0 Å². The van der Waals surface area contributed by atoms with Crippen LogP contribution in [0.15, 0.2) is 35.4 Å². The summed E-state index contributed by atoms with van der Waals surface area (Å²) >= 11 is 0. The van der Waals surface area contributed by atoms with Gasteiger partial charge in [-0.15, -0.1) is 0 Å². The number of aliphatic hydroxyl groups excluding tert-OH is 2. The highest BCUT2D eigenvalue weighted by molar-refractivity contribution is 5.13. The number of hydrogen-bond acceptors (Lipinski definition) is 5. The highest BCUT2D eigenvalue weighted by Crippen LogP contribution is 2.25. The van der Waals surface area contributed by atoms with Crippen molar-refractivity contribution in [3.63, 3.8) is 0 Å². The Kier molecular flexibility index (Phi) is 4.94. The molecule has 2 rings (SSSR count). The van der Waals surface area contributed by atoms with Gasteiger partial charge in [-0.2, -0.15) is 0 Å². The van der Waals surface area contributed by atoms with Crippen LogP contribution in [0.1, 0.15) is 12.5 Å². The third kappa shape index (κ3) is 3.27. The SMILES string of the molecule is C[C@@H]1O[C@@H](OCc2ccccc2)[C@H](O)[C@@H](N=[N+]=[N-])[C@@H]1O. The second-order valence-corrected chi connectivity index (χ2v) is 4.68. The number of hydrogen-bond donors (Lipinski definition) is 2. The van der Waals surface area contributed by atoms with Gasteiger partial charge in [-0.05, 0) is 18.0 Å². The molecule has 0 aromatic heterocycles. The Hall–Kier alpha value is -1.63. The zero-order valence-electron chi connectivity index (χ0n) is 11.0. The molecule has 1 fully saturated rings. The van der Waals surface area contributed by atoms with Crippen molar-refractivity contribution in [1.29, 1.82) is 0 Å². The standard InChI is InChI=1S/C13H17N3O4/c1-8-11(17)10(15-16-14)12(18)13(20-8)19-7-9-5-3-2-4-6-9/h2-6,8,10-13,17-18H,7H2,1H3/t8-,10-,11+,12+,13+/m0/s1. The normalized spacial score (nSPS) is 33.5. The average molecular weight is 279 g/mol. The van der Waals surface area contributed by atoms with E-state index < -0.39 is 30.6 Å². The zero-order chi connectivity index (χ0) is 14.5. The molecule has 0 radical (unpaired) electrons. The van der Waals surface area contributed by atoms with Crippen LogP contribution in [0.3, 0.4) is 0 Å². The Morgan fingerprint density at radius 2 is 2.00 bits per heavy atom. The lowest BCUT2D eigenvalue weighted by molar-refractivity contribution is -0.270. The summed E-state index contributed by atoms with van der Waals surface area (Å²) in [6, 6.07) is 8.45. The zero-order valence-corrected chi connectivity index (χ0v) is 11.0. The first kappa shape index (κ1) is 14.8. The molecule has 1 aromatic rings. The van der Waals surface area contributed by atoms with E-state index in [-0.39, 0.29) is 6.61 Å². The van der Waals surface area contributed by atoms with Crippen molar-refractivity contribution in [1.82, 2.24) is 0 Å². The lowest BCUT2D eigenvalue weighted by Crippen LogP contribution is -2.56. The molecular formula is C13H17N3O4. The number of azide groups is 1. The van der Waals surface area contributed by atoms with E-state index in [4.69, 9.17) is 15.0 Å². The maximum Gasteiger partial charge on any atom is 0.184 e. The predicted octanol–water partition coefficient (Wildman–Crippen LogP) is 1.35. The molecule has 7 nitrogen and oxygen atoms in total. The minimum atomic E-state index is -1.21. The largest absolute Gasteiger partial charge is 0.390 e. The average Bonchev–Trinajstić information content (AvgIpc) is 2.47. The predicted molar refractivity (Wildman–Crippen MR) is 70.5 cm³/mol. The van der Waals surface area contributed by atoms with Crippen LogP contribution >= 0.6 is 0 Å². The number of aliphatic hydroxyl groups is 2. The molecule has 1 heterocycles. The first-order chi connectivity index (χ1) is 9.63. The first-order valence-electron chi connectivity index (χ1n) is 6.35. The maximum atomic E-state index is 10.1. The highest BCUT2D eigenvalue weighted by atomic mass is 16.7. The molecule has 2 N–H and O–H groups in total. The molecule has 0 spiro atoms. The minimum Gasteiger partial charge on any atom is -0.390 e. The second-order valence-electron chi connectivity index (χ2n) is 4.68. The van der Waals surface area contributed by atoms with E-state index in [1.165, 1.54) is 0 Å². The third-order valence-electron chi connectivity index (χ3n) is 3.25. The van der Waals surface area contributed by atoms with Gasteiger partial charge < -0.3 is 19.7 Å². The molecule has 7 heteroatoms. The molecule has 1 aromatic carbocycles. The van der Waals surface area contributed by atoms with Crippen LogP contribution < -0.4 is 0 Å². The molecule has 0 saturated carbocycles. The van der Waals surface area contributed by atoms with Crippen LogP contribution in [-0.2, 0) is 16.1 Å². The summed E-state index contributed by atoms with van der Waals surface area (Å²) in [6.07, 6.45) is -3.79. The molecule has 0 amide bonds. The fraction of sp³-hybridized carbons (Fsp3) is 0.538. The van der Waals surface area contributed by atoms with E-state index in [1.54, 1.807) is 6.92 Å². The Bertz CT molecular complexity index is 478. The van der Waals surface area contributed by atoms with Crippen molar-refractivity contribution in [2.75, 3.05) is 0 Å². The summed E-state index contributed by atoms with van der Waals surface area (Å²) in [6.45, 7) is 1.89. The molecule has 20 heavy (non-hydrogen) atoms. The number of benzene rings is 1. The van der Waals surface area contributed by atoms with E-state index in [0.29, 0.717) is 0 Å². The summed E-state index contributed by atoms with van der Waals surface area (Å²) in [7, 11) is 0. The molecule has 1 aliphatic rings. The fourth-order valence-electron chi connectivity index (χ4n) is 2.10. The van der Waals surface area contributed by atoms with E-state index in [0.717, 1.165) is 5.56 Å². The van der Waals surface area contributed by atoms with Gasteiger partial charge in [0.2, 0.25) is 0 Å². The number of ether oxygens (including phenoxy) is 2. The van der Waals surface area contributed by atoms with Crippen LogP contribution in [0.2, 0.25) is 0 Å². The number of nitrogens with zero attached hydrogens (tertiary/aromatic N) is 3. The smallest absolute Gasteiger partial charge is 0.184 e. The van der Waals surface area contributed by atoms with Crippen LogP contribution in [0, 0.1) is 0 Å². The Morgan fingerprint density at radius 1 is 1.30 bits per heavy atom. The van der Waals surface area contributed by atoms with Crippen molar-refractivity contribution in [2.24, 2.45) is 5.11 Å². The van der Waals surface area contributed by atoms with Gasteiger partial charge in [0, 0.05) is 4.91 Å². The first-order valence-corrected chi connectivity index (χ1v) is 6.35. The lowest BCUT2D eigenvalue weighted by atomic mass is 9.98. The molecule has 0 aliphatic carbocycles. The van der Waals surface area contributed by atoms with Gasteiger partial charge in [-0.25, -0.2) is 0 Å². The minimum absolute atomic E-state index is 0.258. The Labute approximate surface area is 116 Å². The highest BCUT2D eigenvalue weighted by Gasteiger charge is 2.42. The van der Waals surface area contributed by atoms with E-state index in [1.807, 2.05) is 30.3 Å². The fourth-order valence-corrected chi connectivity index (χ4v) is 2.10. The van der Waals surface area contributed by atoms with Gasteiger partial charge in [0.15, 0.2) is 6.29 Å². The van der Waals surface area contributed by atoms with Gasteiger partial charge >= 0.3 is 0 Å². The van der Waals surface area contributed by atoms with Crippen LogP contribution in [0.4, 0.5) is 0 Å². The van der Waals surface area contributed by atoms with Gasteiger partial charge in [-0.1, -0.05) is 35.4 Å². The molecule has 108 valence electrons. The van der Waals surface area contributed by atoms with Gasteiger partial charge in [0.1, 0.15) is 6.10 Å². The Morgan fingerprint density at radius 3 is 2.65 bits per heavy atom. The monoisotopic (exact) mass is 279 g/mol. The van der Waals surface area contributed by atoms with Gasteiger partial charge in [-0.3, -0.25) is 0 Å². The second kappa shape index (κ2) is 6.69. The molecule has 5 atom stereocenters. The van der Waals surface area contributed by atoms with Gasteiger partial charge in [0.05, 0.1) is 24.9 Å². The Balaban J connectivity index is 2.02. The molecule has 0 unspecified atom stereocenters. The van der Waals surface area contributed by atoms with E-state index in [9.17, 15) is 10.2 Å². The van der Waals surface area contributed by atoms with Crippen molar-refractivity contribution < 1.29 is 19.7 Å². The summed E-state index contributed by atoms with van der Waals surface area (Å²) < 4.78 is 10.9. The summed E-state index contributed by atoms with van der Waals surface area (Å²) in [5.74, 6) is 0. The van der Waals surface area contributed by atoms with Crippen molar-refractivity contribution in [3.8, 4) is 0 Å². The van der Waals surface area contributed by atoms with Gasteiger partial charge in [0.25, 0.3) is 0 Å². The van der Waals surface area contributed by atoms with Crippen molar-refractivity contribution >= 4 is 0 Å². The van der Waals surface area contributed by atoms with E-state index in [2.05, 4.69) is 10.0 Å². The van der Waals surface area contributed by atoms with Crippen LogP contribution in [-0.4, -0.2) is 40.9 Å².